The summed E-state index contributed by atoms with van der Waals surface area (Å²) in [6.45, 7) is 5.32. The third-order valence-corrected chi connectivity index (χ3v) is 6.80. The minimum atomic E-state index is 0.00502. The number of aromatic nitrogens is 2. The molecular formula is C24H32N4O2. The van der Waals surface area contributed by atoms with Gasteiger partial charge in [0.15, 0.2) is 0 Å². The Bertz CT molecular complexity index is 878. The van der Waals surface area contributed by atoms with Gasteiger partial charge < -0.3 is 10.2 Å². The topological polar surface area (TPSA) is 67.2 Å². The molecule has 4 rings (SSSR count). The lowest BCUT2D eigenvalue weighted by molar-refractivity contribution is -0.127. The van der Waals surface area contributed by atoms with Crippen molar-refractivity contribution in [3.8, 4) is 5.69 Å². The number of benzene rings is 1. The molecule has 1 aliphatic carbocycles. The molecule has 6 heteroatoms. The molecule has 1 saturated heterocycles. The van der Waals surface area contributed by atoms with Crippen LogP contribution in [0.5, 0.6) is 0 Å². The van der Waals surface area contributed by atoms with Crippen molar-refractivity contribution in [2.45, 2.75) is 58.4 Å². The first-order chi connectivity index (χ1) is 14.5. The van der Waals surface area contributed by atoms with E-state index < -0.39 is 0 Å². The van der Waals surface area contributed by atoms with E-state index in [1.807, 2.05) is 55.3 Å². The van der Waals surface area contributed by atoms with Crippen LogP contribution in [0.4, 0.5) is 0 Å². The van der Waals surface area contributed by atoms with Crippen LogP contribution in [0.2, 0.25) is 0 Å². The molecule has 2 heterocycles. The lowest BCUT2D eigenvalue weighted by atomic mass is 9.84. The maximum Gasteiger partial charge on any atom is 0.257 e. The smallest absolute Gasteiger partial charge is 0.257 e. The summed E-state index contributed by atoms with van der Waals surface area (Å²) < 4.78 is 1.77. The zero-order chi connectivity index (χ0) is 21.1. The van der Waals surface area contributed by atoms with Crippen molar-refractivity contribution >= 4 is 11.8 Å². The highest BCUT2D eigenvalue weighted by Gasteiger charge is 2.32. The summed E-state index contributed by atoms with van der Waals surface area (Å²) in [7, 11) is 0. The fraction of sp³-hybridized carbons (Fsp3) is 0.542. The van der Waals surface area contributed by atoms with Crippen LogP contribution >= 0.6 is 0 Å². The number of carbonyl (C=O) groups excluding carboxylic acids is 2. The SMILES string of the molecule is Cc1nn(-c2ccccc2)cc1C(=O)N1CCC(C(C)C(=O)NC2CCCC2)CC1. The van der Waals surface area contributed by atoms with Gasteiger partial charge in [0.2, 0.25) is 5.91 Å². The highest BCUT2D eigenvalue weighted by molar-refractivity contribution is 5.95. The Labute approximate surface area is 178 Å². The number of hydrogen-bond acceptors (Lipinski definition) is 3. The molecule has 0 radical (unpaired) electrons. The number of amides is 2. The Morgan fingerprint density at radius 2 is 1.73 bits per heavy atom. The Morgan fingerprint density at radius 1 is 1.07 bits per heavy atom. The predicted molar refractivity (Wildman–Crippen MR) is 116 cm³/mol. The van der Waals surface area contributed by atoms with Gasteiger partial charge in [-0.3, -0.25) is 9.59 Å². The van der Waals surface area contributed by atoms with E-state index in [-0.39, 0.29) is 17.7 Å². The summed E-state index contributed by atoms with van der Waals surface area (Å²) in [6.07, 6.45) is 8.24. The third kappa shape index (κ3) is 4.42. The van der Waals surface area contributed by atoms with Crippen LogP contribution in [0, 0.1) is 18.8 Å². The van der Waals surface area contributed by atoms with Crippen molar-refractivity contribution in [1.29, 1.82) is 0 Å². The van der Waals surface area contributed by atoms with Gasteiger partial charge in [0.1, 0.15) is 0 Å². The molecule has 1 saturated carbocycles. The summed E-state index contributed by atoms with van der Waals surface area (Å²) in [4.78, 5) is 27.6. The minimum Gasteiger partial charge on any atom is -0.353 e. The molecule has 1 aromatic carbocycles. The molecule has 30 heavy (non-hydrogen) atoms. The first kappa shape index (κ1) is 20.6. The first-order valence-corrected chi connectivity index (χ1v) is 11.2. The van der Waals surface area contributed by atoms with Crippen molar-refractivity contribution in [3.63, 3.8) is 0 Å². The van der Waals surface area contributed by atoms with E-state index in [0.717, 1.165) is 37.1 Å². The second-order valence-corrected chi connectivity index (χ2v) is 8.82. The average Bonchev–Trinajstić information content (AvgIpc) is 3.43. The third-order valence-electron chi connectivity index (χ3n) is 6.80. The van der Waals surface area contributed by atoms with Crippen LogP contribution in [-0.4, -0.2) is 45.6 Å². The lowest BCUT2D eigenvalue weighted by Gasteiger charge is -2.34. The zero-order valence-corrected chi connectivity index (χ0v) is 18.0. The van der Waals surface area contributed by atoms with E-state index in [1.165, 1.54) is 12.8 Å². The van der Waals surface area contributed by atoms with Crippen molar-refractivity contribution in [1.82, 2.24) is 20.0 Å². The Hall–Kier alpha value is -2.63. The highest BCUT2D eigenvalue weighted by Crippen LogP contribution is 2.27. The fourth-order valence-corrected chi connectivity index (χ4v) is 4.77. The number of rotatable bonds is 5. The van der Waals surface area contributed by atoms with Gasteiger partial charge in [0.25, 0.3) is 5.91 Å². The summed E-state index contributed by atoms with van der Waals surface area (Å²) in [5.74, 6) is 0.567. The number of carbonyl (C=O) groups is 2. The molecular weight excluding hydrogens is 376 g/mol. The second kappa shape index (κ2) is 9.02. The van der Waals surface area contributed by atoms with Crippen LogP contribution in [0.1, 0.15) is 61.5 Å². The Balaban J connectivity index is 1.34. The normalized spacial score (nSPS) is 19.1. The predicted octanol–water partition coefficient (Wildman–Crippen LogP) is 3.73. The van der Waals surface area contributed by atoms with Gasteiger partial charge in [-0.25, -0.2) is 4.68 Å². The summed E-state index contributed by atoms with van der Waals surface area (Å²) >= 11 is 0. The van der Waals surface area contributed by atoms with Crippen molar-refractivity contribution < 1.29 is 9.59 Å². The Kier molecular flexibility index (Phi) is 6.21. The van der Waals surface area contributed by atoms with Gasteiger partial charge in [-0.15, -0.1) is 0 Å². The number of para-hydroxylation sites is 1. The van der Waals surface area contributed by atoms with Crippen molar-refractivity contribution in [2.24, 2.45) is 11.8 Å². The number of nitrogens with zero attached hydrogens (tertiary/aromatic N) is 3. The van der Waals surface area contributed by atoms with Crippen molar-refractivity contribution in [3.05, 3.63) is 47.8 Å². The summed E-state index contributed by atoms with van der Waals surface area (Å²) in [5.41, 5.74) is 2.35. The van der Waals surface area contributed by atoms with Gasteiger partial charge in [-0.2, -0.15) is 5.10 Å². The standard InChI is InChI=1S/C24H32N4O2/c1-17(23(29)25-20-8-6-7-9-20)19-12-14-27(15-13-19)24(30)22-16-28(26-18(22)2)21-10-4-3-5-11-21/h3-5,10-11,16-17,19-20H,6-9,12-15H2,1-2H3,(H,25,29). The highest BCUT2D eigenvalue weighted by atomic mass is 16.2. The first-order valence-electron chi connectivity index (χ1n) is 11.2. The van der Waals surface area contributed by atoms with Crippen LogP contribution in [0.25, 0.3) is 5.69 Å². The zero-order valence-electron chi connectivity index (χ0n) is 18.0. The fourth-order valence-electron chi connectivity index (χ4n) is 4.77. The van der Waals surface area contributed by atoms with E-state index in [4.69, 9.17) is 0 Å². The molecule has 0 bridgehead atoms. The molecule has 2 amide bonds. The van der Waals surface area contributed by atoms with E-state index in [1.54, 1.807) is 4.68 Å². The number of aryl methyl sites for hydroxylation is 1. The number of likely N-dealkylation sites (tertiary alicyclic amines) is 1. The lowest BCUT2D eigenvalue weighted by Crippen LogP contribution is -2.44. The summed E-state index contributed by atoms with van der Waals surface area (Å²) in [6, 6.07) is 10.2. The molecule has 2 aromatic rings. The maximum absolute atomic E-state index is 13.1. The average molecular weight is 409 g/mol. The number of hydrogen-bond donors (Lipinski definition) is 1. The molecule has 2 fully saturated rings. The van der Waals surface area contributed by atoms with Crippen LogP contribution < -0.4 is 5.32 Å². The van der Waals surface area contributed by atoms with Gasteiger partial charge in [0.05, 0.1) is 16.9 Å². The Morgan fingerprint density at radius 3 is 2.40 bits per heavy atom. The molecule has 1 aliphatic heterocycles. The molecule has 1 unspecified atom stereocenters. The van der Waals surface area contributed by atoms with Crippen LogP contribution in [0.15, 0.2) is 36.5 Å². The molecule has 1 aromatic heterocycles. The van der Waals surface area contributed by atoms with E-state index in [2.05, 4.69) is 10.4 Å². The largest absolute Gasteiger partial charge is 0.353 e. The van der Waals surface area contributed by atoms with Crippen LogP contribution in [0.3, 0.4) is 0 Å². The van der Waals surface area contributed by atoms with Crippen LogP contribution in [-0.2, 0) is 4.79 Å². The minimum absolute atomic E-state index is 0.00502. The molecule has 6 nitrogen and oxygen atoms in total. The monoisotopic (exact) mass is 408 g/mol. The van der Waals surface area contributed by atoms with E-state index >= 15 is 0 Å². The molecule has 160 valence electrons. The quantitative estimate of drug-likeness (QED) is 0.820. The molecule has 2 aliphatic rings. The number of piperidine rings is 1. The van der Waals surface area contributed by atoms with Gasteiger partial charge in [-0.1, -0.05) is 38.0 Å². The van der Waals surface area contributed by atoms with Gasteiger partial charge >= 0.3 is 0 Å². The van der Waals surface area contributed by atoms with E-state index in [9.17, 15) is 9.59 Å². The summed E-state index contributed by atoms with van der Waals surface area (Å²) in [5, 5.41) is 7.76. The maximum atomic E-state index is 13.1. The van der Waals surface area contributed by atoms with Gasteiger partial charge in [0, 0.05) is 31.2 Å². The van der Waals surface area contributed by atoms with Gasteiger partial charge in [-0.05, 0) is 50.7 Å². The van der Waals surface area contributed by atoms with Crippen molar-refractivity contribution in [2.75, 3.05) is 13.1 Å². The molecule has 1 N–H and O–H groups in total. The number of nitrogens with one attached hydrogen (secondary N) is 1. The molecule has 0 spiro atoms. The van der Waals surface area contributed by atoms with E-state index in [0.29, 0.717) is 30.6 Å². The second-order valence-electron chi connectivity index (χ2n) is 8.82. The molecule has 1 atom stereocenters.